The fourth-order valence-corrected chi connectivity index (χ4v) is 2.16. The van der Waals surface area contributed by atoms with Gasteiger partial charge in [-0.25, -0.2) is 4.79 Å². The number of nitro benzene ring substituents is 1. The van der Waals surface area contributed by atoms with Crippen LogP contribution in [-0.4, -0.2) is 33.8 Å². The number of carbonyl (C=O) groups excluding carboxylic acids is 1. The second-order valence-electron chi connectivity index (χ2n) is 4.11. The molecule has 1 saturated heterocycles. The van der Waals surface area contributed by atoms with Crippen LogP contribution < -0.4 is 4.90 Å². The predicted octanol–water partition coefficient (Wildman–Crippen LogP) is 1.64. The van der Waals surface area contributed by atoms with Crippen LogP contribution in [0.1, 0.15) is 16.8 Å². The van der Waals surface area contributed by atoms with Gasteiger partial charge in [-0.15, -0.1) is 11.6 Å². The zero-order valence-electron chi connectivity index (χ0n) is 9.58. The minimum Gasteiger partial charge on any atom is -0.478 e. The second-order valence-corrected chi connectivity index (χ2v) is 4.72. The first-order valence-corrected chi connectivity index (χ1v) is 5.79. The van der Waals surface area contributed by atoms with Crippen molar-refractivity contribution in [1.29, 1.82) is 0 Å². The van der Waals surface area contributed by atoms with E-state index in [0.29, 0.717) is 0 Å². The van der Waals surface area contributed by atoms with Crippen molar-refractivity contribution in [3.05, 3.63) is 33.9 Å². The predicted molar refractivity (Wildman–Crippen MR) is 66.7 cm³/mol. The highest BCUT2D eigenvalue weighted by molar-refractivity contribution is 6.24. The monoisotopic (exact) mass is 284 g/mol. The number of nitrogens with zero attached hydrogens (tertiary/aromatic N) is 2. The smallest absolute Gasteiger partial charge is 0.336 e. The first-order chi connectivity index (χ1) is 8.88. The normalized spacial score (nSPS) is 18.7. The van der Waals surface area contributed by atoms with Crippen LogP contribution in [0.2, 0.25) is 0 Å². The molecule has 1 aliphatic heterocycles. The molecule has 7 nitrogen and oxygen atoms in total. The van der Waals surface area contributed by atoms with Gasteiger partial charge in [0.2, 0.25) is 5.91 Å². The first-order valence-electron chi connectivity index (χ1n) is 5.35. The van der Waals surface area contributed by atoms with E-state index in [1.165, 1.54) is 17.0 Å². The van der Waals surface area contributed by atoms with Gasteiger partial charge in [0.15, 0.2) is 0 Å². The summed E-state index contributed by atoms with van der Waals surface area (Å²) < 4.78 is 0. The number of hydrogen-bond donors (Lipinski definition) is 1. The summed E-state index contributed by atoms with van der Waals surface area (Å²) in [6.45, 7) is 0.209. The molecule has 1 aliphatic rings. The van der Waals surface area contributed by atoms with E-state index in [2.05, 4.69) is 0 Å². The molecule has 1 aromatic carbocycles. The molecule has 2 rings (SSSR count). The van der Waals surface area contributed by atoms with E-state index in [0.717, 1.165) is 6.07 Å². The average molecular weight is 285 g/mol. The van der Waals surface area contributed by atoms with Crippen LogP contribution in [0.3, 0.4) is 0 Å². The highest BCUT2D eigenvalue weighted by atomic mass is 35.5. The molecule has 1 atom stereocenters. The molecule has 0 aromatic heterocycles. The van der Waals surface area contributed by atoms with Crippen LogP contribution in [0.4, 0.5) is 11.4 Å². The number of anilines is 1. The molecule has 8 heteroatoms. The maximum absolute atomic E-state index is 11.7. The summed E-state index contributed by atoms with van der Waals surface area (Å²) in [6.07, 6.45) is 0.132. The molecule has 1 unspecified atom stereocenters. The largest absolute Gasteiger partial charge is 0.478 e. The summed E-state index contributed by atoms with van der Waals surface area (Å²) in [5.41, 5.74) is -0.435. The molecule has 1 heterocycles. The topological polar surface area (TPSA) is 101 Å². The molecule has 19 heavy (non-hydrogen) atoms. The summed E-state index contributed by atoms with van der Waals surface area (Å²) in [7, 11) is 0. The van der Waals surface area contributed by atoms with Crippen molar-refractivity contribution in [3.63, 3.8) is 0 Å². The molecule has 0 saturated carbocycles. The van der Waals surface area contributed by atoms with Crippen molar-refractivity contribution in [2.45, 2.75) is 11.8 Å². The van der Waals surface area contributed by atoms with Crippen LogP contribution >= 0.6 is 11.6 Å². The molecule has 0 radical (unpaired) electrons. The molecule has 0 bridgehead atoms. The number of aromatic carboxylic acids is 1. The molecule has 1 fully saturated rings. The van der Waals surface area contributed by atoms with Gasteiger partial charge in [0, 0.05) is 25.1 Å². The Balaban J connectivity index is 2.48. The van der Waals surface area contributed by atoms with Crippen molar-refractivity contribution in [3.8, 4) is 0 Å². The molecular weight excluding hydrogens is 276 g/mol. The molecule has 0 spiro atoms. The van der Waals surface area contributed by atoms with Gasteiger partial charge in [-0.3, -0.25) is 14.9 Å². The number of carbonyl (C=O) groups is 2. The number of nitro groups is 1. The lowest BCUT2D eigenvalue weighted by Gasteiger charge is -2.16. The van der Waals surface area contributed by atoms with Crippen LogP contribution in [0.25, 0.3) is 0 Å². The SMILES string of the molecule is O=C(O)c1cc(N2CC(Cl)CC2=O)cc([N+](=O)[O-])c1. The third kappa shape index (κ3) is 2.65. The molecular formula is C11H9ClN2O5. The van der Waals surface area contributed by atoms with E-state index >= 15 is 0 Å². The zero-order chi connectivity index (χ0) is 14.2. The lowest BCUT2D eigenvalue weighted by atomic mass is 10.1. The Morgan fingerprint density at radius 2 is 2.16 bits per heavy atom. The number of amides is 1. The standard InChI is InChI=1S/C11H9ClN2O5/c12-7-3-10(15)13(5-7)8-1-6(11(16)17)2-9(4-8)14(18)19/h1-2,4,7H,3,5H2,(H,16,17). The van der Waals surface area contributed by atoms with Crippen LogP contribution in [0.15, 0.2) is 18.2 Å². The number of hydrogen-bond acceptors (Lipinski definition) is 4. The number of alkyl halides is 1. The molecule has 1 N–H and O–H groups in total. The van der Waals surface area contributed by atoms with Crippen molar-refractivity contribution in [2.75, 3.05) is 11.4 Å². The van der Waals surface area contributed by atoms with Crippen LogP contribution in [-0.2, 0) is 4.79 Å². The van der Waals surface area contributed by atoms with E-state index in [1.807, 2.05) is 0 Å². The van der Waals surface area contributed by atoms with E-state index < -0.39 is 10.9 Å². The van der Waals surface area contributed by atoms with Crippen molar-refractivity contribution in [1.82, 2.24) is 0 Å². The molecule has 1 aromatic rings. The highest BCUT2D eigenvalue weighted by Crippen LogP contribution is 2.29. The van der Waals surface area contributed by atoms with Crippen LogP contribution in [0.5, 0.6) is 0 Å². The summed E-state index contributed by atoms with van der Waals surface area (Å²) in [5, 5.41) is 19.3. The Morgan fingerprint density at radius 3 is 2.63 bits per heavy atom. The number of non-ortho nitro benzene ring substituents is 1. The van der Waals surface area contributed by atoms with Gasteiger partial charge < -0.3 is 10.0 Å². The number of benzene rings is 1. The number of carboxylic acid groups (broad SMARTS) is 1. The average Bonchev–Trinajstić information content (AvgIpc) is 2.67. The Bertz CT molecular complexity index is 542. The summed E-state index contributed by atoms with van der Waals surface area (Å²) in [4.78, 5) is 33.9. The van der Waals surface area contributed by atoms with Crippen molar-refractivity contribution in [2.24, 2.45) is 0 Å². The maximum Gasteiger partial charge on any atom is 0.336 e. The minimum atomic E-state index is -1.29. The Hall–Kier alpha value is -2.15. The highest BCUT2D eigenvalue weighted by Gasteiger charge is 2.30. The fourth-order valence-electron chi connectivity index (χ4n) is 1.89. The lowest BCUT2D eigenvalue weighted by molar-refractivity contribution is -0.384. The number of rotatable bonds is 3. The fraction of sp³-hybridized carbons (Fsp3) is 0.273. The van der Waals surface area contributed by atoms with Crippen molar-refractivity contribution < 1.29 is 19.6 Å². The zero-order valence-corrected chi connectivity index (χ0v) is 10.3. The third-order valence-corrected chi connectivity index (χ3v) is 3.04. The van der Waals surface area contributed by atoms with E-state index in [9.17, 15) is 19.7 Å². The number of carboxylic acids is 1. The van der Waals surface area contributed by atoms with Gasteiger partial charge in [0.1, 0.15) is 0 Å². The first kappa shape index (κ1) is 13.3. The van der Waals surface area contributed by atoms with Gasteiger partial charge in [0.05, 0.1) is 21.6 Å². The molecule has 0 aliphatic carbocycles. The van der Waals surface area contributed by atoms with E-state index in [1.54, 1.807) is 0 Å². The molecule has 1 amide bonds. The summed E-state index contributed by atoms with van der Waals surface area (Å²) in [5.74, 6) is -1.57. The maximum atomic E-state index is 11.7. The summed E-state index contributed by atoms with van der Waals surface area (Å²) in [6, 6.07) is 3.34. The van der Waals surface area contributed by atoms with E-state index in [-0.39, 0.29) is 41.2 Å². The van der Waals surface area contributed by atoms with Gasteiger partial charge in [-0.2, -0.15) is 0 Å². The number of halogens is 1. The third-order valence-electron chi connectivity index (χ3n) is 2.75. The second kappa shape index (κ2) is 4.85. The van der Waals surface area contributed by atoms with Crippen molar-refractivity contribution >= 4 is 34.9 Å². The van der Waals surface area contributed by atoms with Gasteiger partial charge in [0.25, 0.3) is 5.69 Å². The Labute approximate surface area is 112 Å². The quantitative estimate of drug-likeness (QED) is 0.516. The van der Waals surface area contributed by atoms with Crippen LogP contribution in [0, 0.1) is 10.1 Å². The van der Waals surface area contributed by atoms with E-state index in [4.69, 9.17) is 16.7 Å². The summed E-state index contributed by atoms with van der Waals surface area (Å²) >= 11 is 5.84. The minimum absolute atomic E-state index is 0.132. The lowest BCUT2D eigenvalue weighted by Crippen LogP contribution is -2.25. The van der Waals surface area contributed by atoms with Gasteiger partial charge in [-0.05, 0) is 6.07 Å². The Kier molecular flexibility index (Phi) is 3.39. The van der Waals surface area contributed by atoms with Gasteiger partial charge in [-0.1, -0.05) is 0 Å². The van der Waals surface area contributed by atoms with Gasteiger partial charge >= 0.3 is 5.97 Å². The Morgan fingerprint density at radius 1 is 1.47 bits per heavy atom. The molecule has 100 valence electrons.